The fourth-order valence-electron chi connectivity index (χ4n) is 3.49. The number of carbonyl (C=O) groups is 2. The van der Waals surface area contributed by atoms with E-state index in [2.05, 4.69) is 22.3 Å². The van der Waals surface area contributed by atoms with Crippen molar-refractivity contribution in [1.82, 2.24) is 15.1 Å². The largest absolute Gasteiger partial charge is 0.497 e. The second kappa shape index (κ2) is 7.66. The van der Waals surface area contributed by atoms with Crippen molar-refractivity contribution in [3.05, 3.63) is 29.8 Å². The summed E-state index contributed by atoms with van der Waals surface area (Å²) >= 11 is 0. The molecule has 1 unspecified atom stereocenters. The van der Waals surface area contributed by atoms with Crippen LogP contribution in [0.15, 0.2) is 24.3 Å². The van der Waals surface area contributed by atoms with E-state index in [0.29, 0.717) is 25.7 Å². The molecule has 2 saturated heterocycles. The Morgan fingerprint density at radius 1 is 1.29 bits per heavy atom. The van der Waals surface area contributed by atoms with Gasteiger partial charge in [-0.25, -0.2) is 0 Å². The van der Waals surface area contributed by atoms with E-state index in [1.807, 2.05) is 12.1 Å². The molecule has 1 aromatic carbocycles. The molecule has 1 N–H and O–H groups in total. The fraction of sp³-hybridized carbons (Fsp3) is 0.556. The lowest BCUT2D eigenvalue weighted by Crippen LogP contribution is -2.52. The van der Waals surface area contributed by atoms with Crippen molar-refractivity contribution in [1.29, 1.82) is 0 Å². The first-order valence-electron chi connectivity index (χ1n) is 8.57. The Morgan fingerprint density at radius 2 is 2.08 bits per heavy atom. The average molecular weight is 331 g/mol. The van der Waals surface area contributed by atoms with Crippen LogP contribution in [0.25, 0.3) is 0 Å². The van der Waals surface area contributed by atoms with Gasteiger partial charge in [-0.15, -0.1) is 0 Å². The van der Waals surface area contributed by atoms with E-state index in [4.69, 9.17) is 4.74 Å². The summed E-state index contributed by atoms with van der Waals surface area (Å²) in [7, 11) is 1.67. The number of rotatable bonds is 5. The van der Waals surface area contributed by atoms with Gasteiger partial charge < -0.3 is 15.0 Å². The molecule has 0 saturated carbocycles. The predicted molar refractivity (Wildman–Crippen MR) is 90.9 cm³/mol. The Bertz CT molecular complexity index is 588. The van der Waals surface area contributed by atoms with Crippen LogP contribution in [0.1, 0.15) is 18.4 Å². The number of hydrogen-bond donors (Lipinski definition) is 1. The molecule has 2 aliphatic heterocycles. The minimum absolute atomic E-state index is 0.0616. The first-order chi connectivity index (χ1) is 11.7. The Kier molecular flexibility index (Phi) is 5.35. The quantitative estimate of drug-likeness (QED) is 0.861. The molecule has 0 spiro atoms. The average Bonchev–Trinajstić information content (AvgIpc) is 3.02. The molecule has 6 heteroatoms. The van der Waals surface area contributed by atoms with Gasteiger partial charge >= 0.3 is 0 Å². The predicted octanol–water partition coefficient (Wildman–Crippen LogP) is 0.661. The number of nitrogens with zero attached hydrogens (tertiary/aromatic N) is 2. The lowest BCUT2D eigenvalue weighted by Gasteiger charge is -2.30. The number of ether oxygens (including phenoxy) is 1. The maximum absolute atomic E-state index is 12.5. The summed E-state index contributed by atoms with van der Waals surface area (Å²) < 4.78 is 5.20. The van der Waals surface area contributed by atoms with Crippen molar-refractivity contribution >= 4 is 11.8 Å². The Morgan fingerprint density at radius 3 is 2.79 bits per heavy atom. The number of hydrogen-bond acceptors (Lipinski definition) is 4. The molecule has 0 aliphatic carbocycles. The second-order valence-corrected chi connectivity index (χ2v) is 6.48. The molecule has 1 atom stereocenters. The van der Waals surface area contributed by atoms with Gasteiger partial charge in [-0.05, 0) is 43.5 Å². The minimum atomic E-state index is -0.0641. The molecule has 2 amide bonds. The lowest BCUT2D eigenvalue weighted by atomic mass is 10.0. The molecule has 3 rings (SSSR count). The molecule has 0 aromatic heterocycles. The first-order valence-corrected chi connectivity index (χ1v) is 8.57. The van der Waals surface area contributed by atoms with Crippen LogP contribution in [0.3, 0.4) is 0 Å². The van der Waals surface area contributed by atoms with Crippen LogP contribution in [-0.4, -0.2) is 67.5 Å². The number of amides is 2. The monoisotopic (exact) mass is 331 g/mol. The number of carbonyl (C=O) groups excluding carboxylic acids is 2. The highest BCUT2D eigenvalue weighted by molar-refractivity contribution is 5.86. The van der Waals surface area contributed by atoms with E-state index < -0.39 is 0 Å². The van der Waals surface area contributed by atoms with Crippen LogP contribution in [0, 0.1) is 0 Å². The fourth-order valence-corrected chi connectivity index (χ4v) is 3.49. The molecule has 2 aliphatic rings. The van der Waals surface area contributed by atoms with Gasteiger partial charge in [-0.2, -0.15) is 0 Å². The zero-order valence-electron chi connectivity index (χ0n) is 14.2. The molecule has 24 heavy (non-hydrogen) atoms. The summed E-state index contributed by atoms with van der Waals surface area (Å²) in [5, 5.41) is 2.75. The lowest BCUT2D eigenvalue weighted by molar-refractivity contribution is -0.139. The van der Waals surface area contributed by atoms with E-state index in [1.54, 1.807) is 12.0 Å². The van der Waals surface area contributed by atoms with Gasteiger partial charge in [0.2, 0.25) is 11.8 Å². The number of piperazine rings is 1. The van der Waals surface area contributed by atoms with Gasteiger partial charge in [0.05, 0.1) is 20.2 Å². The third-order valence-corrected chi connectivity index (χ3v) is 4.86. The Labute approximate surface area is 142 Å². The zero-order valence-corrected chi connectivity index (χ0v) is 14.2. The van der Waals surface area contributed by atoms with Crippen molar-refractivity contribution in [3.63, 3.8) is 0 Å². The summed E-state index contributed by atoms with van der Waals surface area (Å²) in [6.45, 7) is 2.72. The first kappa shape index (κ1) is 16.8. The van der Waals surface area contributed by atoms with Crippen LogP contribution in [-0.2, 0) is 16.0 Å². The molecular formula is C18H25N3O3. The number of methoxy groups -OCH3 is 1. The van der Waals surface area contributed by atoms with Crippen LogP contribution in [0.4, 0.5) is 0 Å². The third kappa shape index (κ3) is 4.06. The van der Waals surface area contributed by atoms with Gasteiger partial charge in [-0.3, -0.25) is 14.5 Å². The zero-order chi connectivity index (χ0) is 16.9. The van der Waals surface area contributed by atoms with E-state index in [-0.39, 0.29) is 18.4 Å². The summed E-state index contributed by atoms with van der Waals surface area (Å²) in [5.41, 5.74) is 1.26. The molecule has 6 nitrogen and oxygen atoms in total. The standard InChI is InChI=1S/C18H25N3O3/c1-24-16-6-4-14(5-7-16)11-15-3-2-9-20(15)13-18(23)21-10-8-19-17(22)12-21/h4-7,15H,2-3,8-13H2,1H3,(H,19,22). The minimum Gasteiger partial charge on any atom is -0.497 e. The van der Waals surface area contributed by atoms with Crippen molar-refractivity contribution in [2.45, 2.75) is 25.3 Å². The summed E-state index contributed by atoms with van der Waals surface area (Å²) in [6.07, 6.45) is 3.17. The van der Waals surface area contributed by atoms with E-state index in [0.717, 1.165) is 31.6 Å². The summed E-state index contributed by atoms with van der Waals surface area (Å²) in [6, 6.07) is 8.53. The van der Waals surface area contributed by atoms with Gasteiger partial charge in [0.25, 0.3) is 0 Å². The van der Waals surface area contributed by atoms with Crippen molar-refractivity contribution in [2.75, 3.05) is 39.8 Å². The highest BCUT2D eigenvalue weighted by atomic mass is 16.5. The maximum Gasteiger partial charge on any atom is 0.239 e. The van der Waals surface area contributed by atoms with Gasteiger partial charge in [0.1, 0.15) is 5.75 Å². The molecule has 1 aromatic rings. The maximum atomic E-state index is 12.5. The van der Waals surface area contributed by atoms with Gasteiger partial charge in [0.15, 0.2) is 0 Å². The SMILES string of the molecule is COc1ccc(CC2CCCN2CC(=O)N2CCNC(=O)C2)cc1. The topological polar surface area (TPSA) is 61.9 Å². The molecular weight excluding hydrogens is 306 g/mol. The van der Waals surface area contributed by atoms with Crippen LogP contribution in [0.5, 0.6) is 5.75 Å². The normalized spacial score (nSPS) is 21.6. The van der Waals surface area contributed by atoms with Crippen LogP contribution in [0.2, 0.25) is 0 Å². The highest BCUT2D eigenvalue weighted by Crippen LogP contribution is 2.22. The Hall–Kier alpha value is -2.08. The van der Waals surface area contributed by atoms with E-state index >= 15 is 0 Å². The van der Waals surface area contributed by atoms with E-state index in [9.17, 15) is 9.59 Å². The van der Waals surface area contributed by atoms with Gasteiger partial charge in [0, 0.05) is 19.1 Å². The van der Waals surface area contributed by atoms with Gasteiger partial charge in [-0.1, -0.05) is 12.1 Å². The van der Waals surface area contributed by atoms with Crippen LogP contribution >= 0.6 is 0 Å². The molecule has 2 heterocycles. The molecule has 130 valence electrons. The molecule has 0 radical (unpaired) electrons. The second-order valence-electron chi connectivity index (χ2n) is 6.48. The molecule has 2 fully saturated rings. The summed E-state index contributed by atoms with van der Waals surface area (Å²) in [5.74, 6) is 0.859. The van der Waals surface area contributed by atoms with Crippen molar-refractivity contribution in [2.24, 2.45) is 0 Å². The van der Waals surface area contributed by atoms with Crippen molar-refractivity contribution < 1.29 is 14.3 Å². The summed E-state index contributed by atoms with van der Waals surface area (Å²) in [4.78, 5) is 27.8. The van der Waals surface area contributed by atoms with Crippen molar-refractivity contribution in [3.8, 4) is 5.75 Å². The smallest absolute Gasteiger partial charge is 0.239 e. The number of benzene rings is 1. The number of nitrogens with one attached hydrogen (secondary N) is 1. The highest BCUT2D eigenvalue weighted by Gasteiger charge is 2.29. The third-order valence-electron chi connectivity index (χ3n) is 4.86. The Balaban J connectivity index is 1.56. The van der Waals surface area contributed by atoms with E-state index in [1.165, 1.54) is 5.56 Å². The number of likely N-dealkylation sites (tertiary alicyclic amines) is 1. The molecule has 0 bridgehead atoms. The van der Waals surface area contributed by atoms with Crippen LogP contribution < -0.4 is 10.1 Å².